The minimum absolute atomic E-state index is 0.333. The van der Waals surface area contributed by atoms with Crippen LogP contribution in [-0.4, -0.2) is 14.1 Å². The highest BCUT2D eigenvalue weighted by Gasteiger charge is 2.20. The zero-order valence-electron chi connectivity index (χ0n) is 14.4. The second-order valence-electron chi connectivity index (χ2n) is 4.45. The van der Waals surface area contributed by atoms with Gasteiger partial charge in [0.05, 0.1) is 0 Å². The summed E-state index contributed by atoms with van der Waals surface area (Å²) >= 11 is 0. The topological polar surface area (TPSA) is 52.0 Å². The Labute approximate surface area is 121 Å². The van der Waals surface area contributed by atoms with Crippen molar-refractivity contribution in [2.24, 2.45) is 11.5 Å². The van der Waals surface area contributed by atoms with Crippen molar-refractivity contribution in [3.8, 4) is 0 Å². The molecule has 4 N–H and O–H groups in total. The zero-order chi connectivity index (χ0) is 15.9. The number of aryl methyl sites for hydroxylation is 1. The van der Waals surface area contributed by atoms with Crippen LogP contribution in [-0.2, 0) is 5.41 Å². The summed E-state index contributed by atoms with van der Waals surface area (Å²) in [7, 11) is 3.00. The highest BCUT2D eigenvalue weighted by molar-refractivity contribution is 5.31. The van der Waals surface area contributed by atoms with Crippen molar-refractivity contribution in [3.05, 3.63) is 35.4 Å². The summed E-state index contributed by atoms with van der Waals surface area (Å²) in [6.45, 7) is 13.1. The van der Waals surface area contributed by atoms with Crippen molar-refractivity contribution in [2.45, 2.75) is 59.8 Å². The third-order valence-electron chi connectivity index (χ3n) is 2.75. The Morgan fingerprint density at radius 2 is 1.37 bits per heavy atom. The van der Waals surface area contributed by atoms with Crippen LogP contribution in [0, 0.1) is 6.92 Å². The van der Waals surface area contributed by atoms with E-state index in [4.69, 9.17) is 0 Å². The van der Waals surface area contributed by atoms with Crippen molar-refractivity contribution in [1.29, 1.82) is 0 Å². The first-order valence-electron chi connectivity index (χ1n) is 7.29. The highest BCUT2D eigenvalue weighted by atomic mass is 14.4. The van der Waals surface area contributed by atoms with E-state index in [2.05, 4.69) is 63.4 Å². The van der Waals surface area contributed by atoms with Crippen LogP contribution < -0.4 is 11.5 Å². The second-order valence-corrected chi connectivity index (χ2v) is 4.45. The van der Waals surface area contributed by atoms with E-state index in [0.717, 1.165) is 0 Å². The molecule has 0 fully saturated rings. The maximum atomic E-state index is 4.50. The van der Waals surface area contributed by atoms with Crippen LogP contribution in [0.4, 0.5) is 0 Å². The van der Waals surface area contributed by atoms with Gasteiger partial charge in [0.1, 0.15) is 0 Å². The number of hydrogen-bond acceptors (Lipinski definition) is 2. The van der Waals surface area contributed by atoms with Gasteiger partial charge in [0.25, 0.3) is 0 Å². The molecule has 0 aliphatic carbocycles. The standard InChI is InChI=1S/C13H20.C2H6.2CH5N/c1-5-10-13(3,4)12-9-7-6-8-11(12)2;3*1-2/h6-9H,5,10H2,1-4H3;1-2H3;2*2H2,1H3. The van der Waals surface area contributed by atoms with Gasteiger partial charge in [-0.1, -0.05) is 65.3 Å². The smallest absolute Gasteiger partial charge is 0.0101 e. The molecular formula is C17H36N2. The van der Waals surface area contributed by atoms with E-state index in [1.807, 2.05) is 13.8 Å². The lowest BCUT2D eigenvalue weighted by Crippen LogP contribution is -2.17. The molecule has 114 valence electrons. The van der Waals surface area contributed by atoms with E-state index >= 15 is 0 Å². The Hall–Kier alpha value is -0.860. The summed E-state index contributed by atoms with van der Waals surface area (Å²) in [6, 6.07) is 8.71. The molecule has 0 spiro atoms. The van der Waals surface area contributed by atoms with E-state index in [-0.39, 0.29) is 0 Å². The molecule has 0 atom stereocenters. The van der Waals surface area contributed by atoms with Crippen LogP contribution in [0.15, 0.2) is 24.3 Å². The van der Waals surface area contributed by atoms with Crippen molar-refractivity contribution >= 4 is 0 Å². The molecular weight excluding hydrogens is 232 g/mol. The zero-order valence-corrected chi connectivity index (χ0v) is 14.4. The fraction of sp³-hybridized carbons (Fsp3) is 0.647. The molecule has 19 heavy (non-hydrogen) atoms. The van der Waals surface area contributed by atoms with Crippen LogP contribution in [0.1, 0.15) is 58.6 Å². The first kappa shape index (κ1) is 23.2. The number of rotatable bonds is 3. The van der Waals surface area contributed by atoms with Crippen molar-refractivity contribution in [2.75, 3.05) is 14.1 Å². The number of benzene rings is 1. The predicted molar refractivity (Wildman–Crippen MR) is 90.7 cm³/mol. The third kappa shape index (κ3) is 9.69. The number of hydrogen-bond donors (Lipinski definition) is 2. The van der Waals surface area contributed by atoms with Gasteiger partial charge in [-0.15, -0.1) is 0 Å². The predicted octanol–water partition coefficient (Wildman–Crippen LogP) is 4.25. The SMILES string of the molecule is CC.CCCC(C)(C)c1ccccc1C.CN.CN. The molecule has 0 saturated carbocycles. The fourth-order valence-corrected chi connectivity index (χ4v) is 2.09. The Balaban J connectivity index is -0.000000375. The Bertz CT molecular complexity index is 280. The molecule has 1 aromatic carbocycles. The van der Waals surface area contributed by atoms with Crippen LogP contribution in [0.2, 0.25) is 0 Å². The minimum Gasteiger partial charge on any atom is -0.333 e. The summed E-state index contributed by atoms with van der Waals surface area (Å²) in [5, 5.41) is 0. The molecule has 2 heteroatoms. The Morgan fingerprint density at radius 1 is 0.947 bits per heavy atom. The molecule has 0 aliphatic heterocycles. The van der Waals surface area contributed by atoms with E-state index in [1.165, 1.54) is 38.1 Å². The van der Waals surface area contributed by atoms with E-state index in [1.54, 1.807) is 0 Å². The van der Waals surface area contributed by atoms with Crippen molar-refractivity contribution in [1.82, 2.24) is 0 Å². The molecule has 2 nitrogen and oxygen atoms in total. The lowest BCUT2D eigenvalue weighted by atomic mass is 9.79. The maximum absolute atomic E-state index is 4.50. The van der Waals surface area contributed by atoms with Gasteiger partial charge >= 0.3 is 0 Å². The average molecular weight is 268 g/mol. The second kappa shape index (κ2) is 15.2. The molecule has 1 aromatic rings. The van der Waals surface area contributed by atoms with Gasteiger partial charge in [-0.25, -0.2) is 0 Å². The Morgan fingerprint density at radius 3 is 1.74 bits per heavy atom. The number of nitrogens with two attached hydrogens (primary N) is 2. The van der Waals surface area contributed by atoms with Crippen LogP contribution in [0.3, 0.4) is 0 Å². The summed E-state index contributed by atoms with van der Waals surface area (Å²) < 4.78 is 0. The van der Waals surface area contributed by atoms with Crippen LogP contribution >= 0.6 is 0 Å². The van der Waals surface area contributed by atoms with E-state index in [0.29, 0.717) is 5.41 Å². The molecule has 0 unspecified atom stereocenters. The quantitative estimate of drug-likeness (QED) is 0.861. The third-order valence-corrected chi connectivity index (χ3v) is 2.75. The van der Waals surface area contributed by atoms with E-state index < -0.39 is 0 Å². The molecule has 0 radical (unpaired) electrons. The summed E-state index contributed by atoms with van der Waals surface area (Å²) in [5.41, 5.74) is 12.2. The normalized spacial score (nSPS) is 8.95. The van der Waals surface area contributed by atoms with Gasteiger partial charge in [0, 0.05) is 0 Å². The molecule has 0 saturated heterocycles. The molecule has 0 bridgehead atoms. The largest absolute Gasteiger partial charge is 0.333 e. The van der Waals surface area contributed by atoms with Gasteiger partial charge in [-0.05, 0) is 44.0 Å². The molecule has 1 rings (SSSR count). The van der Waals surface area contributed by atoms with Crippen molar-refractivity contribution in [3.63, 3.8) is 0 Å². The highest BCUT2D eigenvalue weighted by Crippen LogP contribution is 2.30. The van der Waals surface area contributed by atoms with E-state index in [9.17, 15) is 0 Å². The van der Waals surface area contributed by atoms with Gasteiger partial charge < -0.3 is 11.5 Å². The van der Waals surface area contributed by atoms with Gasteiger partial charge in [0.2, 0.25) is 0 Å². The lowest BCUT2D eigenvalue weighted by molar-refractivity contribution is 0.471. The monoisotopic (exact) mass is 268 g/mol. The average Bonchev–Trinajstić information content (AvgIpc) is 2.45. The first-order valence-corrected chi connectivity index (χ1v) is 7.29. The molecule has 0 amide bonds. The molecule has 0 heterocycles. The lowest BCUT2D eigenvalue weighted by Gasteiger charge is -2.26. The summed E-state index contributed by atoms with van der Waals surface area (Å²) in [4.78, 5) is 0. The van der Waals surface area contributed by atoms with Gasteiger partial charge in [-0.2, -0.15) is 0 Å². The summed E-state index contributed by atoms with van der Waals surface area (Å²) in [6.07, 6.45) is 2.51. The van der Waals surface area contributed by atoms with Gasteiger partial charge in [0.15, 0.2) is 0 Å². The van der Waals surface area contributed by atoms with Crippen molar-refractivity contribution < 1.29 is 0 Å². The molecule has 0 aromatic heterocycles. The van der Waals surface area contributed by atoms with Crippen LogP contribution in [0.25, 0.3) is 0 Å². The van der Waals surface area contributed by atoms with Gasteiger partial charge in [-0.3, -0.25) is 0 Å². The first-order chi connectivity index (χ1) is 9.08. The Kier molecular flexibility index (Phi) is 18.6. The molecule has 0 aliphatic rings. The maximum Gasteiger partial charge on any atom is -0.0101 e. The summed E-state index contributed by atoms with van der Waals surface area (Å²) in [5.74, 6) is 0. The fourth-order valence-electron chi connectivity index (χ4n) is 2.09. The minimum atomic E-state index is 0.333. The van der Waals surface area contributed by atoms with Crippen LogP contribution in [0.5, 0.6) is 0 Å².